The van der Waals surface area contributed by atoms with Gasteiger partial charge in [0.25, 0.3) is 0 Å². The van der Waals surface area contributed by atoms with Gasteiger partial charge in [0, 0.05) is 21.7 Å². The summed E-state index contributed by atoms with van der Waals surface area (Å²) in [7, 11) is -2.26. The van der Waals surface area contributed by atoms with Gasteiger partial charge in [-0.05, 0) is 62.0 Å². The van der Waals surface area contributed by atoms with Crippen LogP contribution in [-0.4, -0.2) is 26.8 Å². The lowest BCUT2D eigenvalue weighted by Gasteiger charge is -2.28. The van der Waals surface area contributed by atoms with Crippen LogP contribution in [0.4, 0.5) is 0 Å². The molecule has 0 saturated carbocycles. The van der Waals surface area contributed by atoms with E-state index in [-0.39, 0.29) is 13.6 Å². The van der Waals surface area contributed by atoms with Crippen molar-refractivity contribution in [2.45, 2.75) is 26.7 Å². The molecule has 0 unspecified atom stereocenters. The summed E-state index contributed by atoms with van der Waals surface area (Å²) in [5, 5.41) is 6.99. The van der Waals surface area contributed by atoms with Crippen molar-refractivity contribution < 1.29 is 28.4 Å². The first-order valence-electron chi connectivity index (χ1n) is 17.8. The first-order valence-corrected chi connectivity index (χ1v) is 20.4. The second kappa shape index (κ2) is 15.7. The maximum absolute atomic E-state index is 6.56. The van der Waals surface area contributed by atoms with E-state index in [1.165, 1.54) is 21.2 Å². The van der Waals surface area contributed by atoms with Gasteiger partial charge in [0.1, 0.15) is 0 Å². The second-order valence-corrected chi connectivity index (χ2v) is 16.7. The highest BCUT2D eigenvalue weighted by Gasteiger charge is 2.38. The zero-order valence-electron chi connectivity index (χ0n) is 29.3. The highest BCUT2D eigenvalue weighted by atomic mass is 31.1. The SMILES string of the molecule is CCCOc1cc(P(c2ccccc2)c2ccccc2)c(-c2c(P(c3ccccc3)c3ccccc3)cc(OCCC)c3c2OCO3)c2c1OCO2. The van der Waals surface area contributed by atoms with Crippen molar-refractivity contribution in [3.05, 3.63) is 133 Å². The van der Waals surface area contributed by atoms with E-state index < -0.39 is 15.8 Å². The van der Waals surface area contributed by atoms with Crippen molar-refractivity contribution in [2.24, 2.45) is 0 Å². The molecule has 0 bridgehead atoms. The van der Waals surface area contributed by atoms with Crippen LogP contribution in [0.15, 0.2) is 133 Å². The fourth-order valence-electron chi connectivity index (χ4n) is 6.69. The van der Waals surface area contributed by atoms with E-state index in [0.29, 0.717) is 47.7 Å². The Morgan fingerprint density at radius 3 is 1.06 bits per heavy atom. The Bertz CT molecular complexity index is 1890. The van der Waals surface area contributed by atoms with Crippen molar-refractivity contribution in [1.82, 2.24) is 0 Å². The van der Waals surface area contributed by atoms with Gasteiger partial charge in [0.2, 0.25) is 25.1 Å². The molecule has 0 atom stereocenters. The molecule has 2 heterocycles. The standard InChI is InChI=1S/C44H40O6P2/c1-3-25-45-35-27-37(51(31-17-9-5-10-18-31)32-19-11-6-12-20-32)39(43-41(35)47-29-49-43)40-38(28-36(46-26-4-2)42-44(40)50-30-48-42)52(33-21-13-7-14-22-33)34-23-15-8-16-24-34/h5-24,27-28H,3-4,25-26,29-30H2,1-2H3. The number of rotatable bonds is 13. The Morgan fingerprint density at radius 1 is 0.442 bits per heavy atom. The Hall–Kier alpha value is -5.02. The average molecular weight is 727 g/mol. The minimum absolute atomic E-state index is 0.0849. The largest absolute Gasteiger partial charge is 0.490 e. The molecule has 8 rings (SSSR count). The van der Waals surface area contributed by atoms with Gasteiger partial charge in [0.15, 0.2) is 23.0 Å². The summed E-state index contributed by atoms with van der Waals surface area (Å²) in [6.07, 6.45) is 1.72. The van der Waals surface area contributed by atoms with Crippen LogP contribution in [0.25, 0.3) is 11.1 Å². The molecule has 0 amide bonds. The van der Waals surface area contributed by atoms with Gasteiger partial charge >= 0.3 is 0 Å². The molecule has 6 aromatic rings. The Morgan fingerprint density at radius 2 is 0.750 bits per heavy atom. The Labute approximate surface area is 307 Å². The van der Waals surface area contributed by atoms with Crippen LogP contribution in [-0.2, 0) is 0 Å². The maximum Gasteiger partial charge on any atom is 0.231 e. The van der Waals surface area contributed by atoms with E-state index in [1.54, 1.807) is 0 Å². The summed E-state index contributed by atoms with van der Waals surface area (Å²) < 4.78 is 38.6. The smallest absolute Gasteiger partial charge is 0.231 e. The molecular formula is C44H40O6P2. The summed E-state index contributed by atoms with van der Waals surface area (Å²) in [6.45, 7) is 5.49. The third-order valence-electron chi connectivity index (χ3n) is 8.89. The molecule has 2 aliphatic rings. The van der Waals surface area contributed by atoms with Crippen molar-refractivity contribution in [3.8, 4) is 45.6 Å². The minimum atomic E-state index is -1.13. The van der Waals surface area contributed by atoms with Crippen LogP contribution in [0.1, 0.15) is 26.7 Å². The number of benzene rings is 6. The normalized spacial score (nSPS) is 12.8. The van der Waals surface area contributed by atoms with Gasteiger partial charge in [-0.2, -0.15) is 0 Å². The highest BCUT2D eigenvalue weighted by Crippen LogP contribution is 2.57. The van der Waals surface area contributed by atoms with Gasteiger partial charge in [-0.1, -0.05) is 135 Å². The molecule has 262 valence electrons. The summed E-state index contributed by atoms with van der Waals surface area (Å²) in [5.74, 6) is 3.88. The summed E-state index contributed by atoms with van der Waals surface area (Å²) in [4.78, 5) is 0. The lowest BCUT2D eigenvalue weighted by atomic mass is 10.0. The molecule has 0 N–H and O–H groups in total. The maximum atomic E-state index is 6.56. The van der Waals surface area contributed by atoms with E-state index in [0.717, 1.165) is 34.6 Å². The topological polar surface area (TPSA) is 55.4 Å². The zero-order valence-corrected chi connectivity index (χ0v) is 31.1. The molecule has 6 nitrogen and oxygen atoms in total. The average Bonchev–Trinajstić information content (AvgIpc) is 3.90. The van der Waals surface area contributed by atoms with E-state index in [4.69, 9.17) is 28.4 Å². The number of fused-ring (bicyclic) bond motifs is 2. The number of ether oxygens (including phenoxy) is 6. The second-order valence-electron chi connectivity index (χ2n) is 12.4. The molecule has 0 aliphatic carbocycles. The molecule has 0 fully saturated rings. The van der Waals surface area contributed by atoms with E-state index in [2.05, 4.69) is 147 Å². The number of hydrogen-bond acceptors (Lipinski definition) is 6. The first kappa shape index (κ1) is 34.1. The molecule has 0 aromatic heterocycles. The minimum Gasteiger partial charge on any atom is -0.490 e. The Balaban J connectivity index is 1.51. The van der Waals surface area contributed by atoms with Crippen molar-refractivity contribution in [2.75, 3.05) is 26.8 Å². The fourth-order valence-corrected chi connectivity index (χ4v) is 11.6. The molecule has 0 spiro atoms. The number of hydrogen-bond donors (Lipinski definition) is 0. The van der Waals surface area contributed by atoms with Crippen LogP contribution in [0.2, 0.25) is 0 Å². The van der Waals surface area contributed by atoms with Crippen molar-refractivity contribution >= 4 is 47.7 Å². The molecule has 52 heavy (non-hydrogen) atoms. The van der Waals surface area contributed by atoms with Gasteiger partial charge < -0.3 is 28.4 Å². The van der Waals surface area contributed by atoms with Gasteiger partial charge in [-0.25, -0.2) is 0 Å². The Kier molecular flexibility index (Phi) is 10.3. The molecule has 0 saturated heterocycles. The van der Waals surface area contributed by atoms with Crippen molar-refractivity contribution in [3.63, 3.8) is 0 Å². The summed E-state index contributed by atoms with van der Waals surface area (Å²) in [6, 6.07) is 47.2. The monoisotopic (exact) mass is 726 g/mol. The van der Waals surface area contributed by atoms with Crippen LogP contribution in [0.5, 0.6) is 34.5 Å². The van der Waals surface area contributed by atoms with Gasteiger partial charge in [-0.15, -0.1) is 0 Å². The predicted molar refractivity (Wildman–Crippen MR) is 213 cm³/mol. The third-order valence-corrected chi connectivity index (χ3v) is 13.8. The fraction of sp³-hybridized carbons (Fsp3) is 0.182. The molecular weight excluding hydrogens is 686 g/mol. The summed E-state index contributed by atoms with van der Waals surface area (Å²) in [5.41, 5.74) is 1.85. The summed E-state index contributed by atoms with van der Waals surface area (Å²) >= 11 is 0. The molecule has 6 aromatic carbocycles. The first-order chi connectivity index (χ1) is 25.8. The zero-order chi connectivity index (χ0) is 35.3. The highest BCUT2D eigenvalue weighted by molar-refractivity contribution is 7.80. The third kappa shape index (κ3) is 6.58. The lowest BCUT2D eigenvalue weighted by Crippen LogP contribution is -2.26. The molecule has 8 heteroatoms. The van der Waals surface area contributed by atoms with E-state index in [9.17, 15) is 0 Å². The van der Waals surface area contributed by atoms with E-state index >= 15 is 0 Å². The van der Waals surface area contributed by atoms with E-state index in [1.807, 2.05) is 0 Å². The van der Waals surface area contributed by atoms with Gasteiger partial charge in [0.05, 0.1) is 13.2 Å². The van der Waals surface area contributed by atoms with Crippen LogP contribution in [0, 0.1) is 0 Å². The van der Waals surface area contributed by atoms with Crippen molar-refractivity contribution in [1.29, 1.82) is 0 Å². The lowest BCUT2D eigenvalue weighted by molar-refractivity contribution is 0.169. The van der Waals surface area contributed by atoms with Crippen LogP contribution in [0.3, 0.4) is 0 Å². The molecule has 0 radical (unpaired) electrons. The quantitative estimate of drug-likeness (QED) is 0.113. The predicted octanol–water partition coefficient (Wildman–Crippen LogP) is 7.91. The molecule has 2 aliphatic heterocycles. The van der Waals surface area contributed by atoms with Crippen LogP contribution >= 0.6 is 15.8 Å². The van der Waals surface area contributed by atoms with Gasteiger partial charge in [-0.3, -0.25) is 0 Å². The van der Waals surface area contributed by atoms with Crippen LogP contribution < -0.4 is 60.2 Å².